The summed E-state index contributed by atoms with van der Waals surface area (Å²) in [6.45, 7) is 8.89. The van der Waals surface area contributed by atoms with E-state index in [4.69, 9.17) is 0 Å². The first kappa shape index (κ1) is 11.7. The van der Waals surface area contributed by atoms with Crippen LogP contribution in [-0.2, 0) is 12.0 Å². The molecule has 0 radical (unpaired) electrons. The van der Waals surface area contributed by atoms with E-state index in [0.717, 1.165) is 13.1 Å². The van der Waals surface area contributed by atoms with E-state index in [1.54, 1.807) is 11.3 Å². The van der Waals surface area contributed by atoms with Crippen LogP contribution in [0.5, 0.6) is 0 Å². The minimum Gasteiger partial charge on any atom is -0.261 e. The number of anilines is 1. The summed E-state index contributed by atoms with van der Waals surface area (Å²) in [6.07, 6.45) is 0. The minimum atomic E-state index is 0.226. The molecule has 0 fully saturated rings. The Morgan fingerprint density at radius 3 is 2.56 bits per heavy atom. The molecule has 1 aliphatic rings. The van der Waals surface area contributed by atoms with E-state index in [2.05, 4.69) is 60.3 Å². The largest absolute Gasteiger partial charge is 0.334 e. The highest BCUT2D eigenvalue weighted by Gasteiger charge is 2.24. The molecule has 0 saturated carbocycles. The number of thiazole rings is 1. The summed E-state index contributed by atoms with van der Waals surface area (Å²) in [5.74, 6) is 0. The van der Waals surface area contributed by atoms with Crippen molar-refractivity contribution < 1.29 is 4.57 Å². The molecule has 3 heteroatoms. The maximum absolute atomic E-state index is 3.41. The molecule has 0 atom stereocenters. The van der Waals surface area contributed by atoms with Gasteiger partial charge in [-0.25, -0.2) is 4.57 Å². The summed E-state index contributed by atoms with van der Waals surface area (Å²) in [6, 6.07) is 8.99. The van der Waals surface area contributed by atoms with Crippen LogP contribution < -0.4 is 9.88 Å². The summed E-state index contributed by atoms with van der Waals surface area (Å²) in [5.41, 5.74) is 4.26. The van der Waals surface area contributed by atoms with Crippen molar-refractivity contribution in [3.8, 4) is 11.3 Å². The Labute approximate surface area is 112 Å². The summed E-state index contributed by atoms with van der Waals surface area (Å²) in [7, 11) is 0. The number of nitrogens with zero attached hydrogens (tertiary/aromatic N) is 1. The third-order valence-electron chi connectivity index (χ3n) is 3.48. The van der Waals surface area contributed by atoms with Gasteiger partial charge < -0.3 is 0 Å². The van der Waals surface area contributed by atoms with Crippen LogP contribution >= 0.6 is 11.3 Å². The summed E-state index contributed by atoms with van der Waals surface area (Å²) >= 11 is 1.80. The highest BCUT2D eigenvalue weighted by atomic mass is 32.1. The van der Waals surface area contributed by atoms with Gasteiger partial charge in [-0.3, -0.25) is 5.32 Å². The van der Waals surface area contributed by atoms with Crippen molar-refractivity contribution in [3.63, 3.8) is 0 Å². The van der Waals surface area contributed by atoms with Crippen molar-refractivity contribution in [2.75, 3.05) is 11.9 Å². The Bertz CT molecular complexity index is 561. The first-order valence-electron chi connectivity index (χ1n) is 6.42. The second-order valence-corrected chi connectivity index (χ2v) is 6.69. The standard InChI is InChI=1S/C15H18N2S/c1-15(2,3)12-6-4-11(5-7-12)13-10-18-14-16-8-9-17(13)14/h4-7,10H,8-9H2,1-3H3/p+1. The summed E-state index contributed by atoms with van der Waals surface area (Å²) in [4.78, 5) is 0. The molecule has 0 saturated heterocycles. The topological polar surface area (TPSA) is 15.9 Å². The van der Waals surface area contributed by atoms with Crippen LogP contribution in [0.2, 0.25) is 0 Å². The average Bonchev–Trinajstić information content (AvgIpc) is 2.89. The summed E-state index contributed by atoms with van der Waals surface area (Å²) < 4.78 is 2.37. The van der Waals surface area contributed by atoms with E-state index in [1.165, 1.54) is 22.0 Å². The molecule has 94 valence electrons. The van der Waals surface area contributed by atoms with Crippen LogP contribution in [0.15, 0.2) is 29.6 Å². The third kappa shape index (κ3) is 1.93. The van der Waals surface area contributed by atoms with Gasteiger partial charge in [0.05, 0.1) is 0 Å². The number of benzene rings is 1. The molecule has 0 aliphatic carbocycles. The first-order valence-corrected chi connectivity index (χ1v) is 7.30. The maximum Gasteiger partial charge on any atom is 0.334 e. The Balaban J connectivity index is 1.98. The quantitative estimate of drug-likeness (QED) is 0.776. The van der Waals surface area contributed by atoms with Crippen LogP contribution in [-0.4, -0.2) is 6.54 Å². The van der Waals surface area contributed by atoms with E-state index in [9.17, 15) is 0 Å². The lowest BCUT2D eigenvalue weighted by molar-refractivity contribution is -0.655. The molecule has 3 rings (SSSR count). The van der Waals surface area contributed by atoms with E-state index in [1.807, 2.05) is 0 Å². The predicted octanol–water partition coefficient (Wildman–Crippen LogP) is 3.43. The molecule has 18 heavy (non-hydrogen) atoms. The smallest absolute Gasteiger partial charge is 0.261 e. The highest BCUT2D eigenvalue weighted by Crippen LogP contribution is 2.28. The average molecular weight is 259 g/mol. The SMILES string of the molecule is CC(C)(C)c1ccc(-c2csc3[n+]2CCN3)cc1. The Kier molecular flexibility index (Phi) is 2.67. The van der Waals surface area contributed by atoms with Gasteiger partial charge in [-0.1, -0.05) is 56.4 Å². The lowest BCUT2D eigenvalue weighted by Gasteiger charge is -2.18. The fraction of sp³-hybridized carbons (Fsp3) is 0.400. The Morgan fingerprint density at radius 2 is 1.89 bits per heavy atom. The molecule has 2 aromatic rings. The number of fused-ring (bicyclic) bond motifs is 1. The van der Waals surface area contributed by atoms with Gasteiger partial charge in [0.2, 0.25) is 0 Å². The van der Waals surface area contributed by atoms with Gasteiger partial charge in [-0.2, -0.15) is 0 Å². The molecule has 0 amide bonds. The monoisotopic (exact) mass is 259 g/mol. The molecule has 0 unspecified atom stereocenters. The second-order valence-electron chi connectivity index (χ2n) is 5.83. The molecule has 1 aromatic heterocycles. The van der Waals surface area contributed by atoms with Crippen molar-refractivity contribution in [1.82, 2.24) is 0 Å². The second kappa shape index (κ2) is 4.09. The third-order valence-corrected chi connectivity index (χ3v) is 4.41. The molecule has 1 N–H and O–H groups in total. The molecular weight excluding hydrogens is 240 g/mol. The molecule has 1 aliphatic heterocycles. The van der Waals surface area contributed by atoms with Crippen LogP contribution in [0.3, 0.4) is 0 Å². The normalized spacial score (nSPS) is 14.4. The zero-order valence-corrected chi connectivity index (χ0v) is 12.0. The Morgan fingerprint density at radius 1 is 1.17 bits per heavy atom. The first-order chi connectivity index (χ1) is 8.55. The number of hydrogen-bond acceptors (Lipinski definition) is 2. The van der Waals surface area contributed by atoms with Gasteiger partial charge in [0.15, 0.2) is 0 Å². The number of nitrogens with one attached hydrogen (secondary N) is 1. The predicted molar refractivity (Wildman–Crippen MR) is 77.1 cm³/mol. The van der Waals surface area contributed by atoms with Gasteiger partial charge in [-0.15, -0.1) is 0 Å². The van der Waals surface area contributed by atoms with Gasteiger partial charge in [0.25, 0.3) is 0 Å². The van der Waals surface area contributed by atoms with E-state index in [0.29, 0.717) is 0 Å². The van der Waals surface area contributed by atoms with Gasteiger partial charge in [0, 0.05) is 10.9 Å². The molecule has 0 spiro atoms. The van der Waals surface area contributed by atoms with Gasteiger partial charge in [-0.05, 0) is 11.0 Å². The summed E-state index contributed by atoms with van der Waals surface area (Å²) in [5, 5.41) is 6.93. The lowest BCUT2D eigenvalue weighted by Crippen LogP contribution is -2.30. The maximum atomic E-state index is 3.41. The number of hydrogen-bond donors (Lipinski definition) is 1. The fourth-order valence-electron chi connectivity index (χ4n) is 2.35. The number of aromatic nitrogens is 1. The van der Waals surface area contributed by atoms with Crippen molar-refractivity contribution >= 4 is 16.5 Å². The zero-order valence-electron chi connectivity index (χ0n) is 11.2. The van der Waals surface area contributed by atoms with Crippen LogP contribution in [0.25, 0.3) is 11.3 Å². The molecule has 2 nitrogen and oxygen atoms in total. The van der Waals surface area contributed by atoms with Crippen LogP contribution in [0.4, 0.5) is 5.13 Å². The molecule has 2 heterocycles. The van der Waals surface area contributed by atoms with Crippen molar-refractivity contribution in [2.24, 2.45) is 0 Å². The van der Waals surface area contributed by atoms with Crippen LogP contribution in [0.1, 0.15) is 26.3 Å². The van der Waals surface area contributed by atoms with Crippen molar-refractivity contribution in [3.05, 3.63) is 35.2 Å². The van der Waals surface area contributed by atoms with Crippen molar-refractivity contribution in [2.45, 2.75) is 32.7 Å². The highest BCUT2D eigenvalue weighted by molar-refractivity contribution is 7.13. The minimum absolute atomic E-state index is 0.226. The van der Waals surface area contributed by atoms with Gasteiger partial charge in [0.1, 0.15) is 18.8 Å². The van der Waals surface area contributed by atoms with Crippen LogP contribution in [0, 0.1) is 0 Å². The number of rotatable bonds is 1. The zero-order chi connectivity index (χ0) is 12.8. The molecule has 0 bridgehead atoms. The van der Waals surface area contributed by atoms with Crippen molar-refractivity contribution in [1.29, 1.82) is 0 Å². The fourth-order valence-corrected chi connectivity index (χ4v) is 3.34. The van der Waals surface area contributed by atoms with E-state index >= 15 is 0 Å². The van der Waals surface area contributed by atoms with E-state index < -0.39 is 0 Å². The molecule has 1 aromatic carbocycles. The van der Waals surface area contributed by atoms with E-state index in [-0.39, 0.29) is 5.41 Å². The lowest BCUT2D eigenvalue weighted by atomic mass is 9.86. The Hall–Kier alpha value is -1.35. The van der Waals surface area contributed by atoms with Gasteiger partial charge >= 0.3 is 5.13 Å². The molecular formula is C15H19N2S+.